The zero-order valence-electron chi connectivity index (χ0n) is 13.5. The summed E-state index contributed by atoms with van der Waals surface area (Å²) in [5.41, 5.74) is -0.0266. The Kier molecular flexibility index (Phi) is 5.45. The van der Waals surface area contributed by atoms with Crippen LogP contribution < -0.4 is 4.90 Å². The standard InChI is InChI=1S/C19H27NO/c1-16(2)20(3)15-9-14-19(21,18-12-7-8-13-18)17-10-5-4-6-11-17/h4-6,10-11,16,18,21H,7-8,12-13,15H2,1-3H3/p+1/t19-/m0/s1. The molecular formula is C19H28NO+. The Bertz CT molecular complexity index is 493. The maximum absolute atomic E-state index is 11.3. The van der Waals surface area contributed by atoms with Crippen molar-refractivity contribution >= 4 is 0 Å². The van der Waals surface area contributed by atoms with E-state index in [1.54, 1.807) is 0 Å². The van der Waals surface area contributed by atoms with Gasteiger partial charge in [0.1, 0.15) is 6.54 Å². The van der Waals surface area contributed by atoms with Gasteiger partial charge in [0.05, 0.1) is 13.1 Å². The summed E-state index contributed by atoms with van der Waals surface area (Å²) in [5.74, 6) is 6.74. The summed E-state index contributed by atoms with van der Waals surface area (Å²) in [6, 6.07) is 10.5. The lowest BCUT2D eigenvalue weighted by atomic mass is 9.80. The fourth-order valence-electron chi connectivity index (χ4n) is 2.97. The first kappa shape index (κ1) is 16.1. The first-order valence-electron chi connectivity index (χ1n) is 8.14. The summed E-state index contributed by atoms with van der Waals surface area (Å²) >= 11 is 0. The second-order valence-corrected chi connectivity index (χ2v) is 6.59. The highest BCUT2D eigenvalue weighted by atomic mass is 16.3. The van der Waals surface area contributed by atoms with E-state index in [0.717, 1.165) is 24.9 Å². The highest BCUT2D eigenvalue weighted by Gasteiger charge is 2.38. The summed E-state index contributed by atoms with van der Waals surface area (Å²) in [6.07, 6.45) is 4.57. The zero-order chi connectivity index (χ0) is 15.3. The fraction of sp³-hybridized carbons (Fsp3) is 0.579. The minimum absolute atomic E-state index is 0.270. The molecule has 1 unspecified atom stereocenters. The number of hydrogen-bond donors (Lipinski definition) is 2. The summed E-state index contributed by atoms with van der Waals surface area (Å²) in [6.45, 7) is 5.16. The molecule has 0 heterocycles. The number of quaternary nitrogens is 1. The van der Waals surface area contributed by atoms with Crippen LogP contribution in [0.15, 0.2) is 30.3 Å². The van der Waals surface area contributed by atoms with Gasteiger partial charge in [-0.3, -0.25) is 0 Å². The Morgan fingerprint density at radius 1 is 1.24 bits per heavy atom. The molecule has 2 N–H and O–H groups in total. The number of rotatable bonds is 4. The molecule has 114 valence electrons. The van der Waals surface area contributed by atoms with E-state index in [1.165, 1.54) is 17.7 Å². The maximum Gasteiger partial charge on any atom is 0.153 e. The van der Waals surface area contributed by atoms with Gasteiger partial charge in [0.15, 0.2) is 5.60 Å². The maximum atomic E-state index is 11.3. The highest BCUT2D eigenvalue weighted by molar-refractivity contribution is 5.33. The van der Waals surface area contributed by atoms with Crippen molar-refractivity contribution in [1.82, 2.24) is 0 Å². The number of nitrogens with one attached hydrogen (secondary N) is 1. The molecule has 1 aliphatic carbocycles. The lowest BCUT2D eigenvalue weighted by Gasteiger charge is -2.29. The summed E-state index contributed by atoms with van der Waals surface area (Å²) in [5, 5.41) is 11.3. The molecule has 2 nitrogen and oxygen atoms in total. The van der Waals surface area contributed by atoms with E-state index >= 15 is 0 Å². The van der Waals surface area contributed by atoms with Crippen LogP contribution in [0.25, 0.3) is 0 Å². The number of hydrogen-bond acceptors (Lipinski definition) is 1. The monoisotopic (exact) mass is 286 g/mol. The van der Waals surface area contributed by atoms with E-state index in [9.17, 15) is 5.11 Å². The molecule has 2 heteroatoms. The molecule has 21 heavy (non-hydrogen) atoms. The molecule has 2 atom stereocenters. The lowest BCUT2D eigenvalue weighted by molar-refractivity contribution is -0.894. The Balaban J connectivity index is 2.23. The normalized spacial score (nSPS) is 19.9. The Labute approximate surface area is 129 Å². The molecule has 0 aliphatic heterocycles. The first-order valence-corrected chi connectivity index (χ1v) is 8.14. The zero-order valence-corrected chi connectivity index (χ0v) is 13.5. The largest absolute Gasteiger partial charge is 0.373 e. The fourth-order valence-corrected chi connectivity index (χ4v) is 2.97. The van der Waals surface area contributed by atoms with Crippen molar-refractivity contribution in [3.05, 3.63) is 35.9 Å². The van der Waals surface area contributed by atoms with Gasteiger partial charge in [-0.15, -0.1) is 0 Å². The first-order chi connectivity index (χ1) is 10.0. The van der Waals surface area contributed by atoms with Gasteiger partial charge in [-0.05, 0) is 38.2 Å². The van der Waals surface area contributed by atoms with Crippen molar-refractivity contribution in [3.63, 3.8) is 0 Å². The van der Waals surface area contributed by atoms with Crippen molar-refractivity contribution in [2.24, 2.45) is 5.92 Å². The van der Waals surface area contributed by atoms with Crippen molar-refractivity contribution in [2.75, 3.05) is 13.6 Å². The van der Waals surface area contributed by atoms with Crippen molar-refractivity contribution in [1.29, 1.82) is 0 Å². The molecule has 1 aromatic rings. The van der Waals surface area contributed by atoms with E-state index in [4.69, 9.17) is 0 Å². The van der Waals surface area contributed by atoms with Crippen LogP contribution in [0.1, 0.15) is 45.1 Å². The van der Waals surface area contributed by atoms with Gasteiger partial charge >= 0.3 is 0 Å². The van der Waals surface area contributed by atoms with Gasteiger partial charge < -0.3 is 10.0 Å². The molecule has 1 fully saturated rings. The van der Waals surface area contributed by atoms with Crippen molar-refractivity contribution in [2.45, 2.75) is 51.2 Å². The Morgan fingerprint density at radius 2 is 1.86 bits per heavy atom. The van der Waals surface area contributed by atoms with Crippen molar-refractivity contribution < 1.29 is 10.0 Å². The van der Waals surface area contributed by atoms with E-state index in [2.05, 4.69) is 32.7 Å². The molecule has 0 saturated heterocycles. The molecule has 0 spiro atoms. The second-order valence-electron chi connectivity index (χ2n) is 6.59. The third-order valence-electron chi connectivity index (χ3n) is 4.79. The molecule has 2 rings (SSSR count). The lowest BCUT2D eigenvalue weighted by Crippen LogP contribution is -3.12. The summed E-state index contributed by atoms with van der Waals surface area (Å²) in [7, 11) is 2.15. The van der Waals surface area contributed by atoms with Gasteiger partial charge in [0.2, 0.25) is 0 Å². The average molecular weight is 286 g/mol. The summed E-state index contributed by atoms with van der Waals surface area (Å²) < 4.78 is 0. The third-order valence-corrected chi connectivity index (χ3v) is 4.79. The molecule has 1 aliphatic rings. The smallest absolute Gasteiger partial charge is 0.153 e. The van der Waals surface area contributed by atoms with Crippen LogP contribution >= 0.6 is 0 Å². The van der Waals surface area contributed by atoms with Gasteiger partial charge in [0.25, 0.3) is 0 Å². The van der Waals surface area contributed by atoms with Crippen LogP contribution in [0.2, 0.25) is 0 Å². The molecule has 1 aromatic carbocycles. The van der Waals surface area contributed by atoms with E-state index in [1.807, 2.05) is 30.3 Å². The Morgan fingerprint density at radius 3 is 2.43 bits per heavy atom. The average Bonchev–Trinajstić information content (AvgIpc) is 3.02. The predicted octanol–water partition coefficient (Wildman–Crippen LogP) is 1.99. The van der Waals surface area contributed by atoms with E-state index < -0.39 is 5.60 Å². The second kappa shape index (κ2) is 7.11. The SMILES string of the molecule is CC(C)[NH+](C)CC#C[C@](O)(c1ccccc1)C1CCCC1. The van der Waals surface area contributed by atoms with Gasteiger partial charge in [-0.1, -0.05) is 49.1 Å². The molecular weight excluding hydrogens is 258 g/mol. The summed E-state index contributed by atoms with van der Waals surface area (Å²) in [4.78, 5) is 1.38. The minimum atomic E-state index is -0.977. The minimum Gasteiger partial charge on any atom is -0.373 e. The highest BCUT2D eigenvalue weighted by Crippen LogP contribution is 2.40. The van der Waals surface area contributed by atoms with E-state index in [-0.39, 0.29) is 5.92 Å². The van der Waals surface area contributed by atoms with Crippen molar-refractivity contribution in [3.8, 4) is 11.8 Å². The van der Waals surface area contributed by atoms with Crippen LogP contribution in [0.5, 0.6) is 0 Å². The predicted molar refractivity (Wildman–Crippen MR) is 87.0 cm³/mol. The van der Waals surface area contributed by atoms with Crippen LogP contribution in [0, 0.1) is 17.8 Å². The van der Waals surface area contributed by atoms with Gasteiger partial charge in [0, 0.05) is 5.92 Å². The molecule has 0 amide bonds. The van der Waals surface area contributed by atoms with Crippen LogP contribution in [-0.2, 0) is 5.60 Å². The number of aliphatic hydroxyl groups is 1. The molecule has 0 radical (unpaired) electrons. The Hall–Kier alpha value is -1.30. The van der Waals surface area contributed by atoms with Crippen LogP contribution in [0.3, 0.4) is 0 Å². The van der Waals surface area contributed by atoms with E-state index in [0.29, 0.717) is 6.04 Å². The van der Waals surface area contributed by atoms with Crippen LogP contribution in [-0.4, -0.2) is 24.7 Å². The van der Waals surface area contributed by atoms with Crippen LogP contribution in [0.4, 0.5) is 0 Å². The molecule has 0 aromatic heterocycles. The number of benzene rings is 1. The van der Waals surface area contributed by atoms with Gasteiger partial charge in [-0.2, -0.15) is 0 Å². The molecule has 0 bridgehead atoms. The quantitative estimate of drug-likeness (QED) is 0.813. The molecule has 1 saturated carbocycles. The third kappa shape index (κ3) is 3.87. The van der Waals surface area contributed by atoms with Gasteiger partial charge in [-0.25, -0.2) is 0 Å². The topological polar surface area (TPSA) is 24.7 Å².